The van der Waals surface area contributed by atoms with Crippen molar-refractivity contribution >= 4 is 52.2 Å². The van der Waals surface area contributed by atoms with Gasteiger partial charge in [0.15, 0.2) is 0 Å². The van der Waals surface area contributed by atoms with Gasteiger partial charge in [-0.2, -0.15) is 0 Å². The highest BCUT2D eigenvalue weighted by atomic mass is 16.2. The number of amides is 3. The molecule has 0 spiro atoms. The number of para-hydroxylation sites is 1. The van der Waals surface area contributed by atoms with Crippen molar-refractivity contribution in [1.82, 2.24) is 19.0 Å². The number of anilines is 2. The Kier molecular flexibility index (Phi) is 8.10. The molecule has 6 rings (SSSR count). The van der Waals surface area contributed by atoms with Crippen molar-refractivity contribution in [3.8, 4) is 0 Å². The molecular formula is C35H34N6O3. The summed E-state index contributed by atoms with van der Waals surface area (Å²) in [4.78, 5) is 45.4. The second-order valence-electron chi connectivity index (χ2n) is 11.1. The maximum Gasteiger partial charge on any atom is 0.272 e. The second kappa shape index (κ2) is 12.4. The van der Waals surface area contributed by atoms with Crippen LogP contribution in [0.1, 0.15) is 61.7 Å². The van der Waals surface area contributed by atoms with Gasteiger partial charge in [-0.05, 0) is 66.8 Å². The van der Waals surface area contributed by atoms with E-state index in [9.17, 15) is 14.4 Å². The van der Waals surface area contributed by atoms with Crippen molar-refractivity contribution in [2.75, 3.05) is 23.7 Å². The lowest BCUT2D eigenvalue weighted by atomic mass is 10.1. The van der Waals surface area contributed by atoms with Crippen LogP contribution in [0.4, 0.5) is 11.4 Å². The van der Waals surface area contributed by atoms with Crippen LogP contribution in [0.3, 0.4) is 0 Å². The minimum absolute atomic E-state index is 0.0251. The Hall–Kier alpha value is -5.44. The summed E-state index contributed by atoms with van der Waals surface area (Å²) in [6.45, 7) is 1.52. The third-order valence-corrected chi connectivity index (χ3v) is 7.87. The largest absolute Gasteiger partial charge is 0.344 e. The van der Waals surface area contributed by atoms with Crippen molar-refractivity contribution in [2.24, 2.45) is 14.1 Å². The fraction of sp³-hybridized carbons (Fsp3) is 0.200. The van der Waals surface area contributed by atoms with Gasteiger partial charge in [-0.25, -0.2) is 0 Å². The first-order chi connectivity index (χ1) is 21.3. The summed E-state index contributed by atoms with van der Waals surface area (Å²) >= 11 is 0. The molecule has 44 heavy (non-hydrogen) atoms. The zero-order chi connectivity index (χ0) is 30.6. The Morgan fingerprint density at radius 1 is 0.727 bits per heavy atom. The number of nitrogens with zero attached hydrogens (tertiary/aromatic N) is 4. The molecule has 3 amide bonds. The average molecular weight is 587 g/mol. The van der Waals surface area contributed by atoms with Gasteiger partial charge in [0.05, 0.1) is 16.9 Å². The number of carbonyl (C=O) groups excluding carboxylic acids is 3. The number of fused-ring (bicyclic) bond motifs is 1. The molecule has 5 aromatic rings. The monoisotopic (exact) mass is 586 g/mol. The summed E-state index contributed by atoms with van der Waals surface area (Å²) in [6, 6.07) is 20.7. The number of benzene rings is 2. The van der Waals surface area contributed by atoms with E-state index < -0.39 is 0 Å². The summed E-state index contributed by atoms with van der Waals surface area (Å²) < 4.78 is 3.40. The van der Waals surface area contributed by atoms with E-state index in [1.807, 2.05) is 59.6 Å². The van der Waals surface area contributed by atoms with E-state index in [1.54, 1.807) is 59.9 Å². The zero-order valence-electron chi connectivity index (χ0n) is 24.8. The van der Waals surface area contributed by atoms with E-state index in [2.05, 4.69) is 21.7 Å². The molecule has 0 aliphatic carbocycles. The highest BCUT2D eigenvalue weighted by Gasteiger charge is 2.22. The molecule has 9 heteroatoms. The SMILES string of the molecule is Cn1cc(NC(=O)c2ccc(/C=C/c3cnc4ccccc4c3)cc2)cc1C(=O)Nc1cc(C(=O)N2CCCCC2)n(C)c1. The van der Waals surface area contributed by atoms with E-state index in [1.165, 1.54) is 0 Å². The molecular weight excluding hydrogens is 552 g/mol. The molecule has 3 aromatic heterocycles. The van der Waals surface area contributed by atoms with Gasteiger partial charge in [-0.1, -0.05) is 42.5 Å². The minimum atomic E-state index is -0.340. The average Bonchev–Trinajstić information content (AvgIpc) is 3.60. The Morgan fingerprint density at radius 2 is 1.36 bits per heavy atom. The van der Waals surface area contributed by atoms with E-state index in [0.717, 1.165) is 54.4 Å². The quantitative estimate of drug-likeness (QED) is 0.237. The normalized spacial score (nSPS) is 13.4. The third kappa shape index (κ3) is 6.32. The highest BCUT2D eigenvalue weighted by molar-refractivity contribution is 6.07. The molecule has 1 aliphatic heterocycles. The second-order valence-corrected chi connectivity index (χ2v) is 11.1. The lowest BCUT2D eigenvalue weighted by Gasteiger charge is -2.26. The predicted octanol–water partition coefficient (Wildman–Crippen LogP) is 6.21. The van der Waals surface area contributed by atoms with Crippen LogP contribution in [0.25, 0.3) is 23.1 Å². The standard InChI is InChI=1S/C35H34N6O3/c1-39-22-28(19-31(39)34(43)38-29-20-32(40(2)23-29)35(44)41-16-6-3-7-17-41)37-33(42)26-14-12-24(13-15-26)10-11-25-18-27-8-4-5-9-30(27)36-21-25/h4-5,8-15,18-23H,3,6-7,16-17H2,1-2H3,(H,37,42)(H,38,43)/b11-10+. The van der Waals surface area contributed by atoms with E-state index in [4.69, 9.17) is 0 Å². The molecule has 0 unspecified atom stereocenters. The molecule has 9 nitrogen and oxygen atoms in total. The van der Waals surface area contributed by atoms with Crippen LogP contribution in [0.2, 0.25) is 0 Å². The fourth-order valence-corrected chi connectivity index (χ4v) is 5.48. The zero-order valence-corrected chi connectivity index (χ0v) is 24.8. The van der Waals surface area contributed by atoms with Crippen molar-refractivity contribution in [3.63, 3.8) is 0 Å². The van der Waals surface area contributed by atoms with Gasteiger partial charge >= 0.3 is 0 Å². The number of hydrogen-bond donors (Lipinski definition) is 2. The number of pyridine rings is 1. The van der Waals surface area contributed by atoms with Crippen LogP contribution < -0.4 is 10.6 Å². The third-order valence-electron chi connectivity index (χ3n) is 7.87. The van der Waals surface area contributed by atoms with Crippen LogP contribution in [-0.4, -0.2) is 49.8 Å². The van der Waals surface area contributed by atoms with E-state index in [0.29, 0.717) is 28.3 Å². The lowest BCUT2D eigenvalue weighted by molar-refractivity contribution is 0.0714. The van der Waals surface area contributed by atoms with Gasteiger partial charge in [0.1, 0.15) is 11.4 Å². The van der Waals surface area contributed by atoms with E-state index in [-0.39, 0.29) is 17.7 Å². The number of rotatable bonds is 7. The minimum Gasteiger partial charge on any atom is -0.344 e. The van der Waals surface area contributed by atoms with Gasteiger partial charge in [-0.3, -0.25) is 19.4 Å². The summed E-state index contributed by atoms with van der Waals surface area (Å²) in [5.74, 6) is -0.642. The fourth-order valence-electron chi connectivity index (χ4n) is 5.48. The van der Waals surface area contributed by atoms with Crippen molar-refractivity contribution in [2.45, 2.75) is 19.3 Å². The molecule has 0 bridgehead atoms. The number of hydrogen-bond acceptors (Lipinski definition) is 4. The van der Waals surface area contributed by atoms with Gasteiger partial charge in [0.25, 0.3) is 17.7 Å². The summed E-state index contributed by atoms with van der Waals surface area (Å²) in [5.41, 5.74) is 5.35. The Morgan fingerprint density at radius 3 is 2.11 bits per heavy atom. The van der Waals surface area contributed by atoms with E-state index >= 15 is 0 Å². The van der Waals surface area contributed by atoms with Gasteiger partial charge < -0.3 is 24.7 Å². The maximum atomic E-state index is 13.1. The first-order valence-corrected chi connectivity index (χ1v) is 14.7. The Bertz CT molecular complexity index is 1880. The number of aromatic nitrogens is 3. The smallest absolute Gasteiger partial charge is 0.272 e. The molecule has 222 valence electrons. The van der Waals surface area contributed by atoms with Crippen LogP contribution in [-0.2, 0) is 14.1 Å². The topological polar surface area (TPSA) is 101 Å². The molecule has 0 saturated carbocycles. The molecule has 1 aliphatic rings. The molecule has 2 N–H and O–H groups in total. The lowest BCUT2D eigenvalue weighted by Crippen LogP contribution is -2.36. The number of nitrogens with one attached hydrogen (secondary N) is 2. The van der Waals surface area contributed by atoms with Crippen LogP contribution in [0.15, 0.2) is 85.3 Å². The maximum absolute atomic E-state index is 13.1. The molecule has 0 atom stereocenters. The Balaban J connectivity index is 1.07. The number of likely N-dealkylation sites (tertiary alicyclic amines) is 1. The predicted molar refractivity (Wildman–Crippen MR) is 174 cm³/mol. The first-order valence-electron chi connectivity index (χ1n) is 14.7. The van der Waals surface area contributed by atoms with Gasteiger partial charge in [0, 0.05) is 56.7 Å². The van der Waals surface area contributed by atoms with Gasteiger partial charge in [0.2, 0.25) is 0 Å². The van der Waals surface area contributed by atoms with Crippen molar-refractivity contribution < 1.29 is 14.4 Å². The van der Waals surface area contributed by atoms with Crippen LogP contribution in [0, 0.1) is 0 Å². The van der Waals surface area contributed by atoms with Crippen molar-refractivity contribution in [3.05, 3.63) is 113 Å². The molecule has 4 heterocycles. The number of aryl methyl sites for hydroxylation is 2. The van der Waals surface area contributed by atoms with Crippen molar-refractivity contribution in [1.29, 1.82) is 0 Å². The summed E-state index contributed by atoms with van der Waals surface area (Å²) in [7, 11) is 3.54. The van der Waals surface area contributed by atoms with Gasteiger partial charge in [-0.15, -0.1) is 0 Å². The number of piperidine rings is 1. The molecule has 0 radical (unpaired) electrons. The van der Waals surface area contributed by atoms with Crippen LogP contribution >= 0.6 is 0 Å². The Labute approximate surface area is 255 Å². The molecule has 1 fully saturated rings. The summed E-state index contributed by atoms with van der Waals surface area (Å²) in [6.07, 6.45) is 12.4. The molecule has 2 aromatic carbocycles. The summed E-state index contributed by atoms with van der Waals surface area (Å²) in [5, 5.41) is 6.84. The first kappa shape index (κ1) is 28.7. The van der Waals surface area contributed by atoms with Crippen LogP contribution in [0.5, 0.6) is 0 Å². The highest BCUT2D eigenvalue weighted by Crippen LogP contribution is 2.21. The number of carbonyl (C=O) groups is 3. The molecule has 1 saturated heterocycles.